The maximum absolute atomic E-state index is 12.8. The summed E-state index contributed by atoms with van der Waals surface area (Å²) >= 11 is 2.32. The summed E-state index contributed by atoms with van der Waals surface area (Å²) in [7, 11) is 0. The van der Waals surface area contributed by atoms with Crippen molar-refractivity contribution in [3.63, 3.8) is 0 Å². The Morgan fingerprint density at radius 2 is 1.67 bits per heavy atom. The Morgan fingerprint density at radius 3 is 2.33 bits per heavy atom. The van der Waals surface area contributed by atoms with Crippen LogP contribution in [0.4, 0.5) is 4.39 Å². The number of rotatable bonds is 1. The van der Waals surface area contributed by atoms with Gasteiger partial charge in [-0.05, 0) is 58.3 Å². The summed E-state index contributed by atoms with van der Waals surface area (Å²) in [6.07, 6.45) is 0. The monoisotopic (exact) mass is 312 g/mol. The lowest BCUT2D eigenvalue weighted by atomic mass is 10.0. The minimum atomic E-state index is -0.193. The fraction of sp³-hybridized carbons (Fsp3) is 0.0769. The Bertz CT molecular complexity index is 474. The van der Waals surface area contributed by atoms with Crippen molar-refractivity contribution < 1.29 is 4.39 Å². The molecule has 0 atom stereocenters. The van der Waals surface area contributed by atoms with E-state index in [-0.39, 0.29) is 5.82 Å². The average Bonchev–Trinajstić information content (AvgIpc) is 2.24. The van der Waals surface area contributed by atoms with Crippen molar-refractivity contribution in [2.24, 2.45) is 0 Å². The van der Waals surface area contributed by atoms with Crippen LogP contribution in [0.3, 0.4) is 0 Å². The number of hydrogen-bond acceptors (Lipinski definition) is 0. The SMILES string of the molecule is Cc1cccc(-c2ccc(F)cc2)c1I. The van der Waals surface area contributed by atoms with Crippen molar-refractivity contribution >= 4 is 22.6 Å². The van der Waals surface area contributed by atoms with Crippen LogP contribution in [0.2, 0.25) is 0 Å². The van der Waals surface area contributed by atoms with E-state index in [0.717, 1.165) is 11.1 Å². The first-order valence-electron chi connectivity index (χ1n) is 4.69. The second kappa shape index (κ2) is 4.31. The number of halogens is 2. The molecule has 0 aromatic heterocycles. The molecular formula is C13H10FI. The first-order chi connectivity index (χ1) is 7.18. The molecule has 0 aliphatic heterocycles. The molecule has 2 aromatic rings. The summed E-state index contributed by atoms with van der Waals surface area (Å²) in [6, 6.07) is 12.8. The van der Waals surface area contributed by atoms with Crippen molar-refractivity contribution in [2.75, 3.05) is 0 Å². The van der Waals surface area contributed by atoms with Crippen LogP contribution < -0.4 is 0 Å². The van der Waals surface area contributed by atoms with E-state index in [2.05, 4.69) is 41.6 Å². The minimum absolute atomic E-state index is 0.193. The summed E-state index contributed by atoms with van der Waals surface area (Å²) in [5, 5.41) is 0. The van der Waals surface area contributed by atoms with Gasteiger partial charge in [-0.2, -0.15) is 0 Å². The van der Waals surface area contributed by atoms with Crippen LogP contribution in [0.15, 0.2) is 42.5 Å². The highest BCUT2D eigenvalue weighted by Crippen LogP contribution is 2.27. The summed E-state index contributed by atoms with van der Waals surface area (Å²) < 4.78 is 14.0. The van der Waals surface area contributed by atoms with Gasteiger partial charge >= 0.3 is 0 Å². The third kappa shape index (κ3) is 2.20. The Hall–Kier alpha value is -0.900. The molecule has 2 heteroatoms. The molecule has 15 heavy (non-hydrogen) atoms. The van der Waals surface area contributed by atoms with E-state index in [1.165, 1.54) is 21.3 Å². The van der Waals surface area contributed by atoms with Crippen molar-refractivity contribution in [3.8, 4) is 11.1 Å². The molecule has 0 aliphatic rings. The van der Waals surface area contributed by atoms with Crippen LogP contribution in [0.5, 0.6) is 0 Å². The molecule has 0 fully saturated rings. The predicted octanol–water partition coefficient (Wildman–Crippen LogP) is 4.41. The van der Waals surface area contributed by atoms with Crippen LogP contribution >= 0.6 is 22.6 Å². The quantitative estimate of drug-likeness (QED) is 0.685. The molecule has 0 saturated carbocycles. The Labute approximate surface area is 102 Å². The molecule has 0 nitrogen and oxygen atoms in total. The molecule has 0 radical (unpaired) electrons. The highest BCUT2D eigenvalue weighted by molar-refractivity contribution is 14.1. The zero-order valence-electron chi connectivity index (χ0n) is 8.30. The normalized spacial score (nSPS) is 10.3. The molecule has 76 valence electrons. The van der Waals surface area contributed by atoms with Gasteiger partial charge in [-0.25, -0.2) is 4.39 Å². The van der Waals surface area contributed by atoms with Crippen LogP contribution in [0.1, 0.15) is 5.56 Å². The molecule has 0 unspecified atom stereocenters. The van der Waals surface area contributed by atoms with Gasteiger partial charge in [-0.3, -0.25) is 0 Å². The molecule has 0 saturated heterocycles. The van der Waals surface area contributed by atoms with Crippen LogP contribution in [0, 0.1) is 16.3 Å². The van der Waals surface area contributed by atoms with Gasteiger partial charge in [0.1, 0.15) is 5.82 Å². The van der Waals surface area contributed by atoms with Crippen LogP contribution in [-0.2, 0) is 0 Å². The average molecular weight is 312 g/mol. The van der Waals surface area contributed by atoms with Crippen LogP contribution in [0.25, 0.3) is 11.1 Å². The molecule has 2 rings (SSSR count). The second-order valence-electron chi connectivity index (χ2n) is 3.44. The maximum Gasteiger partial charge on any atom is 0.123 e. The van der Waals surface area contributed by atoms with Gasteiger partial charge in [-0.1, -0.05) is 30.3 Å². The molecule has 2 aromatic carbocycles. The Balaban J connectivity index is 2.54. The van der Waals surface area contributed by atoms with E-state index in [0.29, 0.717) is 0 Å². The van der Waals surface area contributed by atoms with Gasteiger partial charge in [0.25, 0.3) is 0 Å². The minimum Gasteiger partial charge on any atom is -0.207 e. The molecule has 0 N–H and O–H groups in total. The van der Waals surface area contributed by atoms with Crippen molar-refractivity contribution in [3.05, 3.63) is 57.4 Å². The van der Waals surface area contributed by atoms with Crippen molar-refractivity contribution in [2.45, 2.75) is 6.92 Å². The topological polar surface area (TPSA) is 0 Å². The molecule has 0 bridgehead atoms. The van der Waals surface area contributed by atoms with Gasteiger partial charge in [0.15, 0.2) is 0 Å². The van der Waals surface area contributed by atoms with Gasteiger partial charge in [0.05, 0.1) is 0 Å². The standard InChI is InChI=1S/C13H10FI/c1-9-3-2-4-12(13(9)15)10-5-7-11(14)8-6-10/h2-8H,1H3. The molecule has 0 aliphatic carbocycles. The smallest absolute Gasteiger partial charge is 0.123 e. The van der Waals surface area contributed by atoms with Gasteiger partial charge in [-0.15, -0.1) is 0 Å². The molecule has 0 spiro atoms. The third-order valence-electron chi connectivity index (χ3n) is 2.35. The molecule has 0 amide bonds. The predicted molar refractivity (Wildman–Crippen MR) is 69.3 cm³/mol. The zero-order valence-corrected chi connectivity index (χ0v) is 10.5. The molecular weight excluding hydrogens is 302 g/mol. The van der Waals surface area contributed by atoms with E-state index >= 15 is 0 Å². The van der Waals surface area contributed by atoms with Crippen LogP contribution in [-0.4, -0.2) is 0 Å². The maximum atomic E-state index is 12.8. The van der Waals surface area contributed by atoms with E-state index in [1.54, 1.807) is 0 Å². The van der Waals surface area contributed by atoms with Gasteiger partial charge in [0.2, 0.25) is 0 Å². The summed E-state index contributed by atoms with van der Waals surface area (Å²) in [5.74, 6) is -0.193. The van der Waals surface area contributed by atoms with Crippen molar-refractivity contribution in [1.29, 1.82) is 0 Å². The fourth-order valence-corrected chi connectivity index (χ4v) is 2.17. The largest absolute Gasteiger partial charge is 0.207 e. The number of aryl methyl sites for hydroxylation is 1. The van der Waals surface area contributed by atoms with Gasteiger partial charge in [0, 0.05) is 3.57 Å². The Morgan fingerprint density at radius 1 is 1.00 bits per heavy atom. The van der Waals surface area contributed by atoms with E-state index in [4.69, 9.17) is 0 Å². The highest BCUT2D eigenvalue weighted by atomic mass is 127. The first-order valence-corrected chi connectivity index (χ1v) is 5.77. The van der Waals surface area contributed by atoms with E-state index in [9.17, 15) is 4.39 Å². The van der Waals surface area contributed by atoms with E-state index in [1.807, 2.05) is 18.2 Å². The number of hydrogen-bond donors (Lipinski definition) is 0. The first kappa shape index (κ1) is 10.6. The second-order valence-corrected chi connectivity index (χ2v) is 4.52. The molecule has 0 heterocycles. The highest BCUT2D eigenvalue weighted by Gasteiger charge is 2.04. The lowest BCUT2D eigenvalue weighted by molar-refractivity contribution is 0.628. The Kier molecular flexibility index (Phi) is 3.05. The lowest BCUT2D eigenvalue weighted by Crippen LogP contribution is -1.86. The summed E-state index contributed by atoms with van der Waals surface area (Å²) in [5.41, 5.74) is 3.47. The summed E-state index contributed by atoms with van der Waals surface area (Å²) in [4.78, 5) is 0. The fourth-order valence-electron chi connectivity index (χ4n) is 1.50. The van der Waals surface area contributed by atoms with E-state index < -0.39 is 0 Å². The van der Waals surface area contributed by atoms with Crippen molar-refractivity contribution in [1.82, 2.24) is 0 Å². The van der Waals surface area contributed by atoms with Gasteiger partial charge < -0.3 is 0 Å². The number of benzene rings is 2. The lowest BCUT2D eigenvalue weighted by Gasteiger charge is -2.06. The third-order valence-corrected chi connectivity index (χ3v) is 3.78. The zero-order chi connectivity index (χ0) is 10.8. The summed E-state index contributed by atoms with van der Waals surface area (Å²) in [6.45, 7) is 2.08.